The van der Waals surface area contributed by atoms with Gasteiger partial charge in [0.2, 0.25) is 0 Å². The largest absolute Gasteiger partial charge is 0.469 e. The Bertz CT molecular complexity index is 2040. The smallest absolute Gasteiger partial charge is 0.328 e. The Kier molecular flexibility index (Phi) is 14.9. The molecule has 6 rings (SSSR count). The summed E-state index contributed by atoms with van der Waals surface area (Å²) in [5, 5.41) is 2.81. The summed E-state index contributed by atoms with van der Waals surface area (Å²) in [7, 11) is 2.52. The third-order valence-electron chi connectivity index (χ3n) is 9.45. The number of esters is 2. The van der Waals surface area contributed by atoms with Crippen molar-refractivity contribution < 1.29 is 23.9 Å². The molecule has 0 saturated heterocycles. The van der Waals surface area contributed by atoms with E-state index in [0.29, 0.717) is 50.4 Å². The minimum Gasteiger partial charge on any atom is -0.469 e. The standard InChI is InChI=1S/C46H47N7O5/c1-57-44(54)20-19-43(46(56)58-2)51-45(55)42-18-4-3-17-41(42)36-26-34(28-52(30-37-13-5-9-21-47-37)31-38-14-6-10-22-48-38)25-35(27-36)29-53(32-39-15-7-11-23-49-39)33-40-16-8-12-24-50-40/h3-18,21-27,43H,19-20,28-33H2,1-2H3,(H,51,55)/t43-/m0/s1. The number of amides is 1. The average Bonchev–Trinajstić information content (AvgIpc) is 3.26. The molecule has 0 bridgehead atoms. The van der Waals surface area contributed by atoms with E-state index in [1.165, 1.54) is 14.2 Å². The van der Waals surface area contributed by atoms with E-state index in [-0.39, 0.29) is 12.8 Å². The van der Waals surface area contributed by atoms with Gasteiger partial charge in [0.25, 0.3) is 5.91 Å². The van der Waals surface area contributed by atoms with Gasteiger partial charge < -0.3 is 14.8 Å². The van der Waals surface area contributed by atoms with Crippen molar-refractivity contribution in [1.29, 1.82) is 0 Å². The number of carbonyl (C=O) groups is 3. The van der Waals surface area contributed by atoms with Crippen LogP contribution in [-0.2, 0) is 58.3 Å². The summed E-state index contributed by atoms with van der Waals surface area (Å²) in [4.78, 5) is 61.8. The summed E-state index contributed by atoms with van der Waals surface area (Å²) in [6.07, 6.45) is 7.15. The monoisotopic (exact) mass is 777 g/mol. The first-order valence-corrected chi connectivity index (χ1v) is 19.1. The lowest BCUT2D eigenvalue weighted by atomic mass is 9.94. The molecule has 0 unspecified atom stereocenters. The number of ether oxygens (including phenoxy) is 2. The lowest BCUT2D eigenvalue weighted by molar-refractivity contribution is -0.144. The number of benzene rings is 2. The van der Waals surface area contributed by atoms with E-state index in [2.05, 4.69) is 53.3 Å². The molecule has 0 fully saturated rings. The molecule has 0 aliphatic heterocycles. The number of hydrogen-bond donors (Lipinski definition) is 1. The van der Waals surface area contributed by atoms with E-state index in [9.17, 15) is 14.4 Å². The van der Waals surface area contributed by atoms with Gasteiger partial charge in [-0.25, -0.2) is 4.79 Å². The first-order chi connectivity index (χ1) is 28.4. The Balaban J connectivity index is 1.39. The van der Waals surface area contributed by atoms with Gasteiger partial charge in [-0.3, -0.25) is 39.3 Å². The zero-order valence-corrected chi connectivity index (χ0v) is 32.7. The molecule has 12 nitrogen and oxygen atoms in total. The molecule has 0 radical (unpaired) electrons. The van der Waals surface area contributed by atoms with Crippen molar-refractivity contribution in [3.63, 3.8) is 0 Å². The number of rotatable bonds is 19. The number of pyridine rings is 4. The molecular weight excluding hydrogens is 731 g/mol. The molecule has 4 heterocycles. The Hall–Kier alpha value is -6.63. The third kappa shape index (κ3) is 12.2. The van der Waals surface area contributed by atoms with Crippen LogP contribution >= 0.6 is 0 Å². The molecule has 1 amide bonds. The second-order valence-electron chi connectivity index (χ2n) is 13.8. The van der Waals surface area contributed by atoms with Crippen molar-refractivity contribution in [2.45, 2.75) is 58.2 Å². The van der Waals surface area contributed by atoms with Gasteiger partial charge in [0.15, 0.2) is 0 Å². The molecule has 4 aromatic heterocycles. The fraction of sp³-hybridized carbons (Fsp3) is 0.239. The fourth-order valence-electron chi connectivity index (χ4n) is 6.76. The molecule has 1 N–H and O–H groups in total. The number of nitrogens with zero attached hydrogens (tertiary/aromatic N) is 6. The minimum atomic E-state index is -1.05. The second kappa shape index (κ2) is 21.1. The van der Waals surface area contributed by atoms with Crippen molar-refractivity contribution in [3.05, 3.63) is 180 Å². The van der Waals surface area contributed by atoms with Gasteiger partial charge in [-0.2, -0.15) is 0 Å². The quantitative estimate of drug-likeness (QED) is 0.0895. The average molecular weight is 778 g/mol. The topological polar surface area (TPSA) is 140 Å². The van der Waals surface area contributed by atoms with Crippen LogP contribution in [0.2, 0.25) is 0 Å². The zero-order chi connectivity index (χ0) is 40.5. The second-order valence-corrected chi connectivity index (χ2v) is 13.8. The molecule has 0 aliphatic carbocycles. The Morgan fingerprint density at radius 2 is 1.02 bits per heavy atom. The van der Waals surface area contributed by atoms with E-state index in [0.717, 1.165) is 39.5 Å². The Labute approximate surface area is 338 Å². The molecular formula is C46H47N7O5. The summed E-state index contributed by atoms with van der Waals surface area (Å²) in [6.45, 7) is 3.45. The maximum atomic E-state index is 14.0. The highest BCUT2D eigenvalue weighted by molar-refractivity contribution is 6.02. The number of aromatic nitrogens is 4. The van der Waals surface area contributed by atoms with Gasteiger partial charge in [-0.05, 0) is 95.4 Å². The fourth-order valence-corrected chi connectivity index (χ4v) is 6.76. The Morgan fingerprint density at radius 3 is 1.43 bits per heavy atom. The van der Waals surface area contributed by atoms with Crippen molar-refractivity contribution in [3.8, 4) is 11.1 Å². The van der Waals surface area contributed by atoms with Crippen LogP contribution in [0.3, 0.4) is 0 Å². The van der Waals surface area contributed by atoms with E-state index in [1.807, 2.05) is 84.9 Å². The number of nitrogens with one attached hydrogen (secondary N) is 1. The van der Waals surface area contributed by atoms with Gasteiger partial charge in [-0.1, -0.05) is 48.5 Å². The van der Waals surface area contributed by atoms with E-state index < -0.39 is 23.9 Å². The van der Waals surface area contributed by atoms with Gasteiger partial charge in [0, 0.05) is 76.0 Å². The van der Waals surface area contributed by atoms with Gasteiger partial charge in [-0.15, -0.1) is 0 Å². The van der Waals surface area contributed by atoms with Crippen LogP contribution in [0.1, 0.15) is 57.1 Å². The van der Waals surface area contributed by atoms with Gasteiger partial charge in [0.05, 0.1) is 37.0 Å². The molecule has 0 spiro atoms. The van der Waals surface area contributed by atoms with Crippen LogP contribution in [-0.4, -0.2) is 67.8 Å². The van der Waals surface area contributed by atoms with Crippen LogP contribution in [0.15, 0.2) is 140 Å². The maximum absolute atomic E-state index is 14.0. The Morgan fingerprint density at radius 1 is 0.569 bits per heavy atom. The third-order valence-corrected chi connectivity index (χ3v) is 9.45. The normalized spacial score (nSPS) is 11.6. The van der Waals surface area contributed by atoms with Crippen molar-refractivity contribution in [1.82, 2.24) is 35.1 Å². The maximum Gasteiger partial charge on any atom is 0.328 e. The molecule has 0 saturated carbocycles. The lowest BCUT2D eigenvalue weighted by Crippen LogP contribution is -2.42. The van der Waals surface area contributed by atoms with Gasteiger partial charge >= 0.3 is 11.9 Å². The number of hydrogen-bond acceptors (Lipinski definition) is 11. The van der Waals surface area contributed by atoms with E-state index >= 15 is 0 Å². The molecule has 2 aromatic carbocycles. The summed E-state index contributed by atoms with van der Waals surface area (Å²) in [5.74, 6) is -1.62. The van der Waals surface area contributed by atoms with E-state index in [4.69, 9.17) is 9.47 Å². The number of methoxy groups -OCH3 is 2. The lowest BCUT2D eigenvalue weighted by Gasteiger charge is -2.25. The predicted octanol–water partition coefficient (Wildman–Crippen LogP) is 6.56. The molecule has 58 heavy (non-hydrogen) atoms. The summed E-state index contributed by atoms with van der Waals surface area (Å²) < 4.78 is 9.74. The first kappa shape index (κ1) is 41.0. The van der Waals surface area contributed by atoms with Crippen molar-refractivity contribution in [2.75, 3.05) is 14.2 Å². The predicted molar refractivity (Wildman–Crippen MR) is 219 cm³/mol. The van der Waals surface area contributed by atoms with Crippen LogP contribution in [0.25, 0.3) is 11.1 Å². The summed E-state index contributed by atoms with van der Waals surface area (Å²) in [6, 6.07) is 36.3. The molecule has 12 heteroatoms. The summed E-state index contributed by atoms with van der Waals surface area (Å²) in [5.41, 5.74) is 7.65. The minimum absolute atomic E-state index is 0.0254. The molecule has 296 valence electrons. The SMILES string of the molecule is COC(=O)CC[C@H](NC(=O)c1ccccc1-c1cc(CN(Cc2ccccn2)Cc2ccccn2)cc(CN(Cc2ccccn2)Cc2ccccn2)c1)C(=O)OC. The van der Waals surface area contributed by atoms with Crippen molar-refractivity contribution in [2.24, 2.45) is 0 Å². The number of carbonyl (C=O) groups excluding carboxylic acids is 3. The summed E-state index contributed by atoms with van der Waals surface area (Å²) >= 11 is 0. The van der Waals surface area contributed by atoms with Gasteiger partial charge in [0.1, 0.15) is 6.04 Å². The first-order valence-electron chi connectivity index (χ1n) is 19.1. The van der Waals surface area contributed by atoms with Crippen LogP contribution in [0.5, 0.6) is 0 Å². The molecule has 6 aromatic rings. The highest BCUT2D eigenvalue weighted by Crippen LogP contribution is 2.29. The van der Waals surface area contributed by atoms with Crippen LogP contribution < -0.4 is 5.32 Å². The molecule has 0 aliphatic rings. The zero-order valence-electron chi connectivity index (χ0n) is 32.7. The van der Waals surface area contributed by atoms with E-state index in [1.54, 1.807) is 36.9 Å². The highest BCUT2D eigenvalue weighted by atomic mass is 16.5. The van der Waals surface area contributed by atoms with Crippen LogP contribution in [0, 0.1) is 0 Å². The van der Waals surface area contributed by atoms with Crippen molar-refractivity contribution >= 4 is 17.8 Å². The molecule has 1 atom stereocenters. The highest BCUT2D eigenvalue weighted by Gasteiger charge is 2.25. The van der Waals surface area contributed by atoms with Crippen LogP contribution in [0.4, 0.5) is 0 Å².